The number of pyridine rings is 1. The smallest absolute Gasteiger partial charge is 0.152 e. The molecule has 4 rings (SSSR count). The highest BCUT2D eigenvalue weighted by Crippen LogP contribution is 2.34. The van der Waals surface area contributed by atoms with Gasteiger partial charge >= 0.3 is 0 Å². The van der Waals surface area contributed by atoms with E-state index in [1.165, 1.54) is 11.1 Å². The van der Waals surface area contributed by atoms with E-state index < -0.39 is 5.60 Å². The van der Waals surface area contributed by atoms with Crippen LogP contribution in [0.2, 0.25) is 0 Å². The molecule has 2 aromatic carbocycles. The highest BCUT2D eigenvalue weighted by molar-refractivity contribution is 6.06. The molecular weight excluding hydrogens is 422 g/mol. The topological polar surface area (TPSA) is 92.0 Å². The maximum atomic E-state index is 6.49. The molecule has 2 aromatic heterocycles. The summed E-state index contributed by atoms with van der Waals surface area (Å²) in [6.07, 6.45) is 3.00. The summed E-state index contributed by atoms with van der Waals surface area (Å²) in [5, 5.41) is 1.07. The van der Waals surface area contributed by atoms with Crippen LogP contribution in [0.5, 0.6) is 0 Å². The summed E-state index contributed by atoms with van der Waals surface area (Å²) in [6.45, 7) is 10.3. The second-order valence-corrected chi connectivity index (χ2v) is 9.85. The SMILES string of the molecule is CCCC(C)c1nc2c(N)nc3cc(Cc4ccccc4)ccc3c2n1CC(C)(C)OCCN. The van der Waals surface area contributed by atoms with Crippen molar-refractivity contribution >= 4 is 27.8 Å². The lowest BCUT2D eigenvalue weighted by molar-refractivity contribution is -0.0251. The first-order chi connectivity index (χ1) is 16.3. The molecule has 6 nitrogen and oxygen atoms in total. The molecule has 0 saturated carbocycles. The second-order valence-electron chi connectivity index (χ2n) is 9.85. The van der Waals surface area contributed by atoms with Gasteiger partial charge in [0.1, 0.15) is 11.3 Å². The minimum atomic E-state index is -0.398. The van der Waals surface area contributed by atoms with E-state index in [-0.39, 0.29) is 0 Å². The third kappa shape index (κ3) is 5.08. The number of aromatic nitrogens is 3. The molecule has 0 saturated heterocycles. The molecule has 34 heavy (non-hydrogen) atoms. The van der Waals surface area contributed by atoms with Crippen LogP contribution >= 0.6 is 0 Å². The Balaban J connectivity index is 1.86. The van der Waals surface area contributed by atoms with Crippen LogP contribution in [0, 0.1) is 0 Å². The molecule has 2 heterocycles. The molecular formula is C28H37N5O. The van der Waals surface area contributed by atoms with Crippen LogP contribution in [0.3, 0.4) is 0 Å². The second kappa shape index (κ2) is 10.1. The Morgan fingerprint density at radius 3 is 2.53 bits per heavy atom. The highest BCUT2D eigenvalue weighted by Gasteiger charge is 2.26. The van der Waals surface area contributed by atoms with E-state index in [2.05, 4.69) is 74.7 Å². The molecule has 0 spiro atoms. The van der Waals surface area contributed by atoms with Gasteiger partial charge in [-0.25, -0.2) is 9.97 Å². The van der Waals surface area contributed by atoms with Gasteiger partial charge in [0.05, 0.1) is 29.8 Å². The number of imidazole rings is 1. The summed E-state index contributed by atoms with van der Waals surface area (Å²) < 4.78 is 8.41. The number of nitrogen functional groups attached to an aromatic ring is 1. The zero-order valence-corrected chi connectivity index (χ0v) is 20.8. The Kier molecular flexibility index (Phi) is 7.19. The number of ether oxygens (including phenoxy) is 1. The van der Waals surface area contributed by atoms with Crippen LogP contribution in [-0.2, 0) is 17.7 Å². The summed E-state index contributed by atoms with van der Waals surface area (Å²) in [6, 6.07) is 17.0. The zero-order valence-electron chi connectivity index (χ0n) is 20.8. The number of benzene rings is 2. The van der Waals surface area contributed by atoms with Gasteiger partial charge in [0.25, 0.3) is 0 Å². The molecule has 1 unspecified atom stereocenters. The quantitative estimate of drug-likeness (QED) is 0.331. The lowest BCUT2D eigenvalue weighted by Gasteiger charge is -2.28. The first-order valence-corrected chi connectivity index (χ1v) is 12.3. The van der Waals surface area contributed by atoms with Crippen molar-refractivity contribution in [1.29, 1.82) is 0 Å². The molecule has 6 heteroatoms. The predicted molar refractivity (Wildman–Crippen MR) is 141 cm³/mol. The Bertz CT molecular complexity index is 1260. The molecule has 4 N–H and O–H groups in total. The number of rotatable bonds is 10. The van der Waals surface area contributed by atoms with Crippen LogP contribution in [0.1, 0.15) is 63.4 Å². The van der Waals surface area contributed by atoms with Crippen LogP contribution in [0.25, 0.3) is 21.9 Å². The van der Waals surface area contributed by atoms with Crippen molar-refractivity contribution < 1.29 is 4.74 Å². The first-order valence-electron chi connectivity index (χ1n) is 12.3. The summed E-state index contributed by atoms with van der Waals surface area (Å²) in [4.78, 5) is 9.80. The average Bonchev–Trinajstić information content (AvgIpc) is 3.18. The number of hydrogen-bond acceptors (Lipinski definition) is 5. The van der Waals surface area contributed by atoms with Crippen molar-refractivity contribution in [2.75, 3.05) is 18.9 Å². The largest absolute Gasteiger partial charge is 0.382 e. The highest BCUT2D eigenvalue weighted by atomic mass is 16.5. The number of anilines is 1. The Labute approximate surface area is 202 Å². The van der Waals surface area contributed by atoms with Crippen LogP contribution < -0.4 is 11.5 Å². The average molecular weight is 460 g/mol. The Morgan fingerprint density at radius 1 is 1.06 bits per heavy atom. The van der Waals surface area contributed by atoms with Gasteiger partial charge in [-0.15, -0.1) is 0 Å². The van der Waals surface area contributed by atoms with E-state index in [1.807, 2.05) is 6.07 Å². The molecule has 0 aliphatic rings. The van der Waals surface area contributed by atoms with Gasteiger partial charge in [0.2, 0.25) is 0 Å². The molecule has 1 atom stereocenters. The molecule has 4 aromatic rings. The van der Waals surface area contributed by atoms with E-state index in [0.717, 1.165) is 47.0 Å². The fourth-order valence-corrected chi connectivity index (χ4v) is 4.78. The number of hydrogen-bond donors (Lipinski definition) is 2. The van der Waals surface area contributed by atoms with E-state index in [4.69, 9.17) is 26.2 Å². The fraction of sp³-hybridized carbons (Fsp3) is 0.429. The van der Waals surface area contributed by atoms with Crippen LogP contribution in [-0.4, -0.2) is 33.3 Å². The van der Waals surface area contributed by atoms with E-state index >= 15 is 0 Å². The summed E-state index contributed by atoms with van der Waals surface area (Å²) >= 11 is 0. The van der Waals surface area contributed by atoms with Gasteiger partial charge in [0, 0.05) is 17.8 Å². The Morgan fingerprint density at radius 2 is 1.82 bits per heavy atom. The van der Waals surface area contributed by atoms with E-state index in [0.29, 0.717) is 31.4 Å². The minimum Gasteiger partial charge on any atom is -0.382 e. The van der Waals surface area contributed by atoms with Gasteiger partial charge in [-0.3, -0.25) is 0 Å². The molecule has 180 valence electrons. The summed E-state index contributed by atoms with van der Waals surface area (Å²) in [5.74, 6) is 1.81. The van der Waals surface area contributed by atoms with Gasteiger partial charge < -0.3 is 20.8 Å². The van der Waals surface area contributed by atoms with Crippen molar-refractivity contribution in [3.05, 3.63) is 65.5 Å². The van der Waals surface area contributed by atoms with Gasteiger partial charge in [0.15, 0.2) is 5.82 Å². The number of fused-ring (bicyclic) bond motifs is 3. The minimum absolute atomic E-state index is 0.300. The van der Waals surface area contributed by atoms with Crippen molar-refractivity contribution in [3.8, 4) is 0 Å². The summed E-state index contributed by atoms with van der Waals surface area (Å²) in [7, 11) is 0. The third-order valence-corrected chi connectivity index (χ3v) is 6.36. The van der Waals surface area contributed by atoms with E-state index in [1.54, 1.807) is 0 Å². The predicted octanol–water partition coefficient (Wildman–Crippen LogP) is 5.42. The van der Waals surface area contributed by atoms with Crippen molar-refractivity contribution in [2.24, 2.45) is 5.73 Å². The maximum absolute atomic E-state index is 6.49. The lowest BCUT2D eigenvalue weighted by atomic mass is 10.0. The monoisotopic (exact) mass is 459 g/mol. The molecule has 0 radical (unpaired) electrons. The van der Waals surface area contributed by atoms with Crippen molar-refractivity contribution in [2.45, 2.75) is 65.0 Å². The molecule has 0 amide bonds. The van der Waals surface area contributed by atoms with Crippen molar-refractivity contribution in [3.63, 3.8) is 0 Å². The van der Waals surface area contributed by atoms with Crippen LogP contribution in [0.15, 0.2) is 48.5 Å². The van der Waals surface area contributed by atoms with Crippen molar-refractivity contribution in [1.82, 2.24) is 14.5 Å². The Hall–Kier alpha value is -2.96. The van der Waals surface area contributed by atoms with Crippen LogP contribution in [0.4, 0.5) is 5.82 Å². The molecule has 0 aliphatic heterocycles. The zero-order chi connectivity index (χ0) is 24.3. The van der Waals surface area contributed by atoms with Gasteiger partial charge in [-0.05, 0) is 43.9 Å². The van der Waals surface area contributed by atoms with Gasteiger partial charge in [-0.1, -0.05) is 62.7 Å². The fourth-order valence-electron chi connectivity index (χ4n) is 4.78. The third-order valence-electron chi connectivity index (χ3n) is 6.36. The lowest BCUT2D eigenvalue weighted by Crippen LogP contribution is -2.33. The normalized spacial score (nSPS) is 13.1. The first kappa shape index (κ1) is 24.2. The molecule has 0 fully saturated rings. The maximum Gasteiger partial charge on any atom is 0.152 e. The molecule has 0 bridgehead atoms. The van der Waals surface area contributed by atoms with Gasteiger partial charge in [-0.2, -0.15) is 0 Å². The van der Waals surface area contributed by atoms with E-state index in [9.17, 15) is 0 Å². The number of nitrogens with two attached hydrogens (primary N) is 2. The standard InChI is InChI=1S/C28H37N5O/c1-5-9-19(2)27-32-24-25(33(27)18-28(3,4)34-15-14-29)22-13-12-21(17-23(22)31-26(24)30)16-20-10-7-6-8-11-20/h6-8,10-13,17,19H,5,9,14-16,18,29H2,1-4H3,(H2,30,31). The summed E-state index contributed by atoms with van der Waals surface area (Å²) in [5.41, 5.74) is 17.0. The molecule has 0 aliphatic carbocycles. The number of nitrogens with zero attached hydrogens (tertiary/aromatic N) is 3.